The van der Waals surface area contributed by atoms with Crippen LogP contribution in [0.5, 0.6) is 11.5 Å². The van der Waals surface area contributed by atoms with E-state index in [4.69, 9.17) is 27.9 Å². The number of ether oxygens (including phenoxy) is 1. The molecule has 0 atom stereocenters. The summed E-state index contributed by atoms with van der Waals surface area (Å²) >= 11 is 12.4. The normalized spacial score (nSPS) is 11.4. The average molecular weight is 488 g/mol. The van der Waals surface area contributed by atoms with Crippen LogP contribution >= 0.6 is 23.2 Å². The molecule has 2 rings (SSSR count). The van der Waals surface area contributed by atoms with Crippen LogP contribution in [0.2, 0.25) is 10.0 Å². The number of hydrogen-bond donors (Lipinski definition) is 1. The number of unbranched alkanes of at least 4 members (excludes halogenated alkanes) is 2. The molecule has 0 aliphatic rings. The molecule has 0 unspecified atom stereocenters. The van der Waals surface area contributed by atoms with Gasteiger partial charge >= 0.3 is 5.97 Å². The third kappa shape index (κ3) is 6.51. The molecule has 0 amide bonds. The zero-order chi connectivity index (χ0) is 23.2. The molecule has 0 aromatic heterocycles. The van der Waals surface area contributed by atoms with Crippen LogP contribution in [0.4, 0.5) is 5.69 Å². The van der Waals surface area contributed by atoms with Crippen LogP contribution in [0, 0.1) is 0 Å². The molecule has 0 heterocycles. The molecule has 170 valence electrons. The van der Waals surface area contributed by atoms with Gasteiger partial charge in [0.2, 0.25) is 0 Å². The van der Waals surface area contributed by atoms with Gasteiger partial charge in [0, 0.05) is 19.3 Å². The second kappa shape index (κ2) is 11.1. The van der Waals surface area contributed by atoms with E-state index in [1.807, 2.05) is 4.90 Å². The number of sulfone groups is 1. The van der Waals surface area contributed by atoms with E-state index in [9.17, 15) is 18.3 Å². The first-order chi connectivity index (χ1) is 14.6. The van der Waals surface area contributed by atoms with E-state index in [1.54, 1.807) is 18.2 Å². The highest BCUT2D eigenvalue weighted by atomic mass is 35.5. The quantitative estimate of drug-likeness (QED) is 0.400. The number of carbonyl (C=O) groups is 1. The molecule has 31 heavy (non-hydrogen) atoms. The SMILES string of the molecule is CCCCN(CCCC)c1cc(C(=O)O)cc(S(C)(=O)=O)c1Oc1cccc(Cl)c1Cl. The van der Waals surface area contributed by atoms with Gasteiger partial charge in [0.15, 0.2) is 15.6 Å². The summed E-state index contributed by atoms with van der Waals surface area (Å²) in [7, 11) is -3.82. The van der Waals surface area contributed by atoms with Gasteiger partial charge in [-0.2, -0.15) is 0 Å². The Morgan fingerprint density at radius 3 is 2.23 bits per heavy atom. The maximum Gasteiger partial charge on any atom is 0.335 e. The first-order valence-corrected chi connectivity index (χ1v) is 12.7. The minimum absolute atomic E-state index is 0.0453. The molecular weight excluding hydrogens is 461 g/mol. The monoisotopic (exact) mass is 487 g/mol. The Morgan fingerprint density at radius 2 is 1.71 bits per heavy atom. The lowest BCUT2D eigenvalue weighted by molar-refractivity contribution is 0.0696. The summed E-state index contributed by atoms with van der Waals surface area (Å²) in [5, 5.41) is 10.0. The molecule has 0 fully saturated rings. The van der Waals surface area contributed by atoms with Crippen molar-refractivity contribution in [3.63, 3.8) is 0 Å². The van der Waals surface area contributed by atoms with E-state index in [1.165, 1.54) is 6.07 Å². The van der Waals surface area contributed by atoms with Gasteiger partial charge in [0.05, 0.1) is 16.3 Å². The van der Waals surface area contributed by atoms with E-state index in [0.717, 1.165) is 38.0 Å². The third-order valence-corrected chi connectivity index (χ3v) is 6.62. The number of benzene rings is 2. The fraction of sp³-hybridized carbons (Fsp3) is 0.409. The van der Waals surface area contributed by atoms with E-state index in [-0.39, 0.29) is 32.0 Å². The zero-order valence-electron chi connectivity index (χ0n) is 17.8. The Balaban J connectivity index is 2.78. The highest BCUT2D eigenvalue weighted by molar-refractivity contribution is 7.90. The van der Waals surface area contributed by atoms with Crippen LogP contribution in [0.15, 0.2) is 35.2 Å². The van der Waals surface area contributed by atoms with Gasteiger partial charge in [-0.1, -0.05) is 56.0 Å². The summed E-state index contributed by atoms with van der Waals surface area (Å²) in [5.41, 5.74) is 0.274. The lowest BCUT2D eigenvalue weighted by atomic mass is 10.1. The van der Waals surface area contributed by atoms with E-state index >= 15 is 0 Å². The lowest BCUT2D eigenvalue weighted by Gasteiger charge is -2.28. The molecule has 0 saturated carbocycles. The molecule has 2 aromatic carbocycles. The number of hydrogen-bond acceptors (Lipinski definition) is 5. The standard InChI is InChI=1S/C22H27Cl2NO5S/c1-4-6-11-25(12-7-5-2)17-13-15(22(26)27)14-19(31(3,28)29)21(17)30-18-10-8-9-16(23)20(18)24/h8-10,13-14H,4-7,11-12H2,1-3H3,(H,26,27). The van der Waals surface area contributed by atoms with Crippen LogP contribution in [-0.4, -0.2) is 38.8 Å². The van der Waals surface area contributed by atoms with Crippen molar-refractivity contribution in [2.24, 2.45) is 0 Å². The molecule has 0 aliphatic heterocycles. The Hall–Kier alpha value is -1.96. The average Bonchev–Trinajstić information content (AvgIpc) is 2.70. The highest BCUT2D eigenvalue weighted by Crippen LogP contribution is 2.43. The van der Waals surface area contributed by atoms with Gasteiger partial charge in [-0.15, -0.1) is 0 Å². The summed E-state index contributed by atoms with van der Waals surface area (Å²) in [5.74, 6) is -0.984. The third-order valence-electron chi connectivity index (χ3n) is 4.71. The predicted molar refractivity (Wildman–Crippen MR) is 125 cm³/mol. The Labute approximate surface area is 193 Å². The van der Waals surface area contributed by atoms with Crippen molar-refractivity contribution in [1.82, 2.24) is 0 Å². The van der Waals surface area contributed by atoms with Crippen molar-refractivity contribution in [2.45, 2.75) is 44.4 Å². The number of halogens is 2. The zero-order valence-corrected chi connectivity index (χ0v) is 20.1. The van der Waals surface area contributed by atoms with Gasteiger partial charge in [-0.25, -0.2) is 13.2 Å². The van der Waals surface area contributed by atoms with Crippen molar-refractivity contribution in [3.8, 4) is 11.5 Å². The number of aromatic carboxylic acids is 1. The smallest absolute Gasteiger partial charge is 0.335 e. The van der Waals surface area contributed by atoms with Crippen molar-refractivity contribution in [3.05, 3.63) is 45.9 Å². The summed E-state index contributed by atoms with van der Waals surface area (Å²) in [6.45, 7) is 5.36. The van der Waals surface area contributed by atoms with Gasteiger partial charge in [-0.05, 0) is 37.1 Å². The molecule has 6 nitrogen and oxygen atoms in total. The van der Waals surface area contributed by atoms with Crippen molar-refractivity contribution < 1.29 is 23.1 Å². The van der Waals surface area contributed by atoms with Crippen molar-refractivity contribution in [1.29, 1.82) is 0 Å². The number of rotatable bonds is 11. The van der Waals surface area contributed by atoms with Gasteiger partial charge in [0.25, 0.3) is 0 Å². The minimum atomic E-state index is -3.82. The summed E-state index contributed by atoms with van der Waals surface area (Å²) in [6, 6.07) is 7.39. The molecule has 0 aliphatic carbocycles. The molecule has 1 N–H and O–H groups in total. The number of carboxylic acids is 1. The predicted octanol–water partition coefficient (Wildman–Crippen LogP) is 6.29. The Morgan fingerprint density at radius 1 is 1.10 bits per heavy atom. The van der Waals surface area contributed by atoms with Gasteiger partial charge in [0.1, 0.15) is 15.7 Å². The summed E-state index contributed by atoms with van der Waals surface area (Å²) in [4.78, 5) is 13.5. The van der Waals surface area contributed by atoms with E-state index in [2.05, 4.69) is 13.8 Å². The fourth-order valence-corrected chi connectivity index (χ4v) is 4.20. The van der Waals surface area contributed by atoms with Crippen LogP contribution in [0.25, 0.3) is 0 Å². The van der Waals surface area contributed by atoms with Crippen LogP contribution in [0.3, 0.4) is 0 Å². The molecule has 0 radical (unpaired) electrons. The number of anilines is 1. The number of nitrogens with zero attached hydrogens (tertiary/aromatic N) is 1. The first-order valence-electron chi connectivity index (χ1n) is 10.1. The molecule has 0 bridgehead atoms. The maximum absolute atomic E-state index is 12.6. The van der Waals surface area contributed by atoms with Crippen LogP contribution in [0.1, 0.15) is 49.9 Å². The molecule has 9 heteroatoms. The molecule has 0 saturated heterocycles. The largest absolute Gasteiger partial charge is 0.478 e. The second-order valence-electron chi connectivity index (χ2n) is 7.25. The Bertz CT molecular complexity index is 1030. The molecular formula is C22H27Cl2NO5S. The molecule has 0 spiro atoms. The van der Waals surface area contributed by atoms with E-state index < -0.39 is 15.8 Å². The molecule has 2 aromatic rings. The van der Waals surface area contributed by atoms with Gasteiger partial charge < -0.3 is 14.7 Å². The van der Waals surface area contributed by atoms with Crippen molar-refractivity contribution in [2.75, 3.05) is 24.2 Å². The summed E-state index contributed by atoms with van der Waals surface area (Å²) in [6.07, 6.45) is 4.58. The minimum Gasteiger partial charge on any atom is -0.478 e. The lowest BCUT2D eigenvalue weighted by Crippen LogP contribution is -2.27. The van der Waals surface area contributed by atoms with Crippen LogP contribution in [-0.2, 0) is 9.84 Å². The maximum atomic E-state index is 12.6. The highest BCUT2D eigenvalue weighted by Gasteiger charge is 2.26. The summed E-state index contributed by atoms with van der Waals surface area (Å²) < 4.78 is 31.3. The van der Waals surface area contributed by atoms with Gasteiger partial charge in [-0.3, -0.25) is 0 Å². The van der Waals surface area contributed by atoms with E-state index in [0.29, 0.717) is 18.8 Å². The number of carboxylic acid groups (broad SMARTS) is 1. The second-order valence-corrected chi connectivity index (χ2v) is 10.0. The Kier molecular flexibility index (Phi) is 9.03. The van der Waals surface area contributed by atoms with Crippen LogP contribution < -0.4 is 9.64 Å². The first kappa shape index (κ1) is 25.3. The topological polar surface area (TPSA) is 83.9 Å². The fourth-order valence-electron chi connectivity index (χ4n) is 3.05. The van der Waals surface area contributed by atoms with Crippen molar-refractivity contribution >= 4 is 44.7 Å².